The smallest absolute Gasteiger partial charge is 0.335 e. The molecule has 98 valence electrons. The third-order valence-electron chi connectivity index (χ3n) is 3.50. The number of nitrogens with one attached hydrogen (secondary N) is 1. The molecule has 1 fully saturated rings. The minimum absolute atomic E-state index is 0.219. The van der Waals surface area contributed by atoms with Gasteiger partial charge in [0, 0.05) is 12.6 Å². The van der Waals surface area contributed by atoms with E-state index < -0.39 is 5.97 Å². The molecule has 1 aliphatic heterocycles. The molecule has 1 aromatic rings. The van der Waals surface area contributed by atoms with Crippen molar-refractivity contribution in [3.8, 4) is 0 Å². The zero-order chi connectivity index (χ0) is 13.1. The van der Waals surface area contributed by atoms with Gasteiger partial charge in [0.15, 0.2) is 0 Å². The molecular weight excluding hydrogens is 230 g/mol. The van der Waals surface area contributed by atoms with Crippen molar-refractivity contribution in [3.63, 3.8) is 0 Å². The number of benzene rings is 1. The minimum atomic E-state index is -0.955. The van der Waals surface area contributed by atoms with Crippen LogP contribution in [0.4, 0.5) is 11.4 Å². The summed E-state index contributed by atoms with van der Waals surface area (Å²) >= 11 is 0. The molecule has 5 nitrogen and oxygen atoms in total. The topological polar surface area (TPSA) is 78.6 Å². The Morgan fingerprint density at radius 2 is 2.39 bits per heavy atom. The van der Waals surface area contributed by atoms with Gasteiger partial charge in [-0.2, -0.15) is 0 Å². The molecule has 1 heterocycles. The molecule has 18 heavy (non-hydrogen) atoms. The normalized spacial score (nSPS) is 19.9. The van der Waals surface area contributed by atoms with Crippen LogP contribution in [0.2, 0.25) is 0 Å². The molecule has 0 radical (unpaired) electrons. The number of aromatic carboxylic acids is 1. The summed E-state index contributed by atoms with van der Waals surface area (Å²) in [6.45, 7) is 1.98. The van der Waals surface area contributed by atoms with Gasteiger partial charge in [-0.25, -0.2) is 4.79 Å². The summed E-state index contributed by atoms with van der Waals surface area (Å²) in [5, 5.41) is 12.1. The van der Waals surface area contributed by atoms with Gasteiger partial charge in [-0.15, -0.1) is 0 Å². The lowest BCUT2D eigenvalue weighted by molar-refractivity contribution is 0.0697. The molecule has 0 amide bonds. The molecule has 0 aliphatic carbocycles. The number of likely N-dealkylation sites (N-methyl/N-ethyl adjacent to an activating group) is 1. The largest absolute Gasteiger partial charge is 0.478 e. The van der Waals surface area contributed by atoms with Crippen LogP contribution in [-0.4, -0.2) is 42.2 Å². The van der Waals surface area contributed by atoms with Crippen LogP contribution in [0, 0.1) is 0 Å². The second-order valence-electron chi connectivity index (χ2n) is 4.76. The average molecular weight is 249 g/mol. The van der Waals surface area contributed by atoms with E-state index in [1.54, 1.807) is 12.1 Å². The molecular formula is C13H19N3O2. The molecule has 0 aromatic heterocycles. The molecule has 0 saturated carbocycles. The fourth-order valence-corrected chi connectivity index (χ4v) is 2.32. The van der Waals surface area contributed by atoms with Crippen LogP contribution in [0.15, 0.2) is 18.2 Å². The first-order valence-electron chi connectivity index (χ1n) is 6.15. The van der Waals surface area contributed by atoms with Gasteiger partial charge in [-0.3, -0.25) is 0 Å². The van der Waals surface area contributed by atoms with Crippen LogP contribution in [-0.2, 0) is 0 Å². The zero-order valence-corrected chi connectivity index (χ0v) is 10.5. The summed E-state index contributed by atoms with van der Waals surface area (Å²) < 4.78 is 0. The van der Waals surface area contributed by atoms with E-state index in [0.717, 1.165) is 18.8 Å². The summed E-state index contributed by atoms with van der Waals surface area (Å²) in [7, 11) is 2.12. The van der Waals surface area contributed by atoms with Gasteiger partial charge < -0.3 is 21.1 Å². The van der Waals surface area contributed by atoms with E-state index in [2.05, 4.69) is 17.3 Å². The Balaban J connectivity index is 1.99. The van der Waals surface area contributed by atoms with Crippen molar-refractivity contribution in [1.29, 1.82) is 0 Å². The number of hydrogen-bond donors (Lipinski definition) is 3. The Labute approximate surface area is 107 Å². The minimum Gasteiger partial charge on any atom is -0.478 e. The second kappa shape index (κ2) is 5.27. The van der Waals surface area contributed by atoms with E-state index in [1.807, 2.05) is 0 Å². The first-order valence-corrected chi connectivity index (χ1v) is 6.15. The number of nitrogens with two attached hydrogens (primary N) is 1. The molecule has 0 spiro atoms. The molecule has 1 aliphatic rings. The Bertz CT molecular complexity index is 448. The lowest BCUT2D eigenvalue weighted by atomic mass is 10.1. The highest BCUT2D eigenvalue weighted by atomic mass is 16.4. The summed E-state index contributed by atoms with van der Waals surface area (Å²) in [6, 6.07) is 5.32. The predicted molar refractivity (Wildman–Crippen MR) is 72.0 cm³/mol. The molecule has 1 saturated heterocycles. The molecule has 2 rings (SSSR count). The third kappa shape index (κ3) is 2.73. The number of hydrogen-bond acceptors (Lipinski definition) is 4. The van der Waals surface area contributed by atoms with Gasteiger partial charge in [-0.1, -0.05) is 0 Å². The average Bonchev–Trinajstić information content (AvgIpc) is 2.73. The van der Waals surface area contributed by atoms with E-state index in [-0.39, 0.29) is 5.56 Å². The number of rotatable bonds is 4. The van der Waals surface area contributed by atoms with Crippen LogP contribution in [0.5, 0.6) is 0 Å². The van der Waals surface area contributed by atoms with E-state index in [1.165, 1.54) is 18.9 Å². The van der Waals surface area contributed by atoms with E-state index in [4.69, 9.17) is 10.8 Å². The van der Waals surface area contributed by atoms with Crippen molar-refractivity contribution in [2.24, 2.45) is 0 Å². The Hall–Kier alpha value is -1.75. The van der Waals surface area contributed by atoms with Gasteiger partial charge in [-0.05, 0) is 44.6 Å². The molecule has 5 heteroatoms. The summed E-state index contributed by atoms with van der Waals surface area (Å²) in [6.07, 6.45) is 2.42. The number of carboxylic acids is 1. The van der Waals surface area contributed by atoms with Gasteiger partial charge in [0.2, 0.25) is 0 Å². The number of nitrogen functional groups attached to an aromatic ring is 1. The van der Waals surface area contributed by atoms with Crippen molar-refractivity contribution in [3.05, 3.63) is 23.8 Å². The number of carbonyl (C=O) groups is 1. The van der Waals surface area contributed by atoms with Crippen LogP contribution in [0.3, 0.4) is 0 Å². The monoisotopic (exact) mass is 249 g/mol. The first-order chi connectivity index (χ1) is 8.58. The van der Waals surface area contributed by atoms with Crippen molar-refractivity contribution < 1.29 is 9.90 Å². The van der Waals surface area contributed by atoms with Crippen LogP contribution >= 0.6 is 0 Å². The third-order valence-corrected chi connectivity index (χ3v) is 3.50. The number of carboxylic acid groups (broad SMARTS) is 1. The van der Waals surface area contributed by atoms with Crippen LogP contribution in [0.1, 0.15) is 23.2 Å². The lowest BCUT2D eigenvalue weighted by Crippen LogP contribution is -2.31. The van der Waals surface area contributed by atoms with Crippen molar-refractivity contribution in [2.45, 2.75) is 18.9 Å². The Kier molecular flexibility index (Phi) is 3.72. The number of likely N-dealkylation sites (tertiary alicyclic amines) is 1. The quantitative estimate of drug-likeness (QED) is 0.704. The predicted octanol–water partition coefficient (Wildman–Crippen LogP) is 1.47. The number of nitrogens with zero attached hydrogens (tertiary/aromatic N) is 1. The van der Waals surface area contributed by atoms with Gasteiger partial charge in [0.1, 0.15) is 0 Å². The SMILES string of the molecule is CN1CCCC1CNc1ccc(C(=O)O)cc1N. The fourth-order valence-electron chi connectivity index (χ4n) is 2.32. The standard InChI is InChI=1S/C13H19N3O2/c1-16-6-2-3-10(16)8-15-12-5-4-9(13(17)18)7-11(12)14/h4-5,7,10,15H,2-3,6,8,14H2,1H3,(H,17,18). The van der Waals surface area contributed by atoms with Crippen LogP contribution in [0.25, 0.3) is 0 Å². The van der Waals surface area contributed by atoms with Crippen molar-refractivity contribution in [2.75, 3.05) is 31.2 Å². The van der Waals surface area contributed by atoms with Crippen molar-refractivity contribution >= 4 is 17.3 Å². The Morgan fingerprint density at radius 1 is 1.61 bits per heavy atom. The first kappa shape index (κ1) is 12.7. The summed E-state index contributed by atoms with van der Waals surface area (Å²) in [4.78, 5) is 13.1. The van der Waals surface area contributed by atoms with Crippen molar-refractivity contribution in [1.82, 2.24) is 4.90 Å². The molecule has 0 bridgehead atoms. The highest BCUT2D eigenvalue weighted by Gasteiger charge is 2.20. The number of anilines is 2. The van der Waals surface area contributed by atoms with E-state index in [0.29, 0.717) is 11.7 Å². The van der Waals surface area contributed by atoms with Gasteiger partial charge in [0.05, 0.1) is 16.9 Å². The summed E-state index contributed by atoms with van der Waals surface area (Å²) in [5.74, 6) is -0.955. The van der Waals surface area contributed by atoms with Gasteiger partial charge in [0.25, 0.3) is 0 Å². The highest BCUT2D eigenvalue weighted by Crippen LogP contribution is 2.21. The fraction of sp³-hybridized carbons (Fsp3) is 0.462. The molecule has 1 unspecified atom stereocenters. The molecule has 4 N–H and O–H groups in total. The maximum Gasteiger partial charge on any atom is 0.335 e. The molecule has 1 aromatic carbocycles. The maximum absolute atomic E-state index is 10.8. The maximum atomic E-state index is 10.8. The van der Waals surface area contributed by atoms with E-state index in [9.17, 15) is 4.79 Å². The second-order valence-corrected chi connectivity index (χ2v) is 4.76. The van der Waals surface area contributed by atoms with Crippen LogP contribution < -0.4 is 11.1 Å². The van der Waals surface area contributed by atoms with Gasteiger partial charge >= 0.3 is 5.97 Å². The lowest BCUT2D eigenvalue weighted by Gasteiger charge is -2.21. The Morgan fingerprint density at radius 3 is 2.94 bits per heavy atom. The summed E-state index contributed by atoms with van der Waals surface area (Å²) in [5.41, 5.74) is 7.35. The zero-order valence-electron chi connectivity index (χ0n) is 10.5. The molecule has 1 atom stereocenters. The highest BCUT2D eigenvalue weighted by molar-refractivity contribution is 5.90. The van der Waals surface area contributed by atoms with E-state index >= 15 is 0 Å².